The average molecular weight is 522 g/mol. The molecule has 11 nitrogen and oxygen atoms in total. The molecule has 0 aliphatic carbocycles. The van der Waals surface area contributed by atoms with E-state index in [-0.39, 0.29) is 5.91 Å². The van der Waals surface area contributed by atoms with Gasteiger partial charge >= 0.3 is 0 Å². The number of rotatable bonds is 10. The van der Waals surface area contributed by atoms with Crippen molar-refractivity contribution in [1.82, 2.24) is 30.0 Å². The zero-order valence-electron chi connectivity index (χ0n) is 21.0. The molecule has 0 atom stereocenters. The Kier molecular flexibility index (Phi) is 7.85. The molecule has 4 aromatic rings. The Morgan fingerprint density at radius 3 is 2.68 bits per heavy atom. The molecular weight excluding hydrogens is 494 g/mol. The predicted molar refractivity (Wildman–Crippen MR) is 147 cm³/mol. The minimum atomic E-state index is -0.328. The van der Waals surface area contributed by atoms with Crippen LogP contribution < -0.4 is 20.3 Å². The van der Waals surface area contributed by atoms with Crippen molar-refractivity contribution >= 4 is 51.6 Å². The van der Waals surface area contributed by atoms with E-state index in [4.69, 9.17) is 16.3 Å². The summed E-state index contributed by atoms with van der Waals surface area (Å²) < 4.78 is 5.66. The van der Waals surface area contributed by atoms with Gasteiger partial charge in [0.2, 0.25) is 11.9 Å². The number of hydrogen-bond donors (Lipinski definition) is 3. The molecule has 0 radical (unpaired) electrons. The number of nitrogens with zero attached hydrogens (tertiary/aromatic N) is 6. The number of carbonyl (C=O) groups is 1. The van der Waals surface area contributed by atoms with Gasteiger partial charge < -0.3 is 25.2 Å². The molecule has 0 bridgehead atoms. The Hall–Kier alpha value is -4.22. The second-order valence-electron chi connectivity index (χ2n) is 8.53. The summed E-state index contributed by atoms with van der Waals surface area (Å²) in [6, 6.07) is 5.52. The molecule has 37 heavy (non-hydrogen) atoms. The highest BCUT2D eigenvalue weighted by Gasteiger charge is 2.17. The second kappa shape index (κ2) is 11.2. The molecule has 1 aromatic carbocycles. The molecule has 0 aliphatic rings. The highest BCUT2D eigenvalue weighted by atomic mass is 35.5. The number of methoxy groups -OCH3 is 1. The van der Waals surface area contributed by atoms with Crippen molar-refractivity contribution in [2.24, 2.45) is 0 Å². The van der Waals surface area contributed by atoms with Crippen molar-refractivity contribution in [3.05, 3.63) is 54.5 Å². The van der Waals surface area contributed by atoms with Gasteiger partial charge in [-0.25, -0.2) is 15.0 Å². The quantitative estimate of drug-likeness (QED) is 0.266. The maximum atomic E-state index is 12.2. The van der Waals surface area contributed by atoms with E-state index in [1.54, 1.807) is 25.6 Å². The number of fused-ring (bicyclic) bond motifs is 1. The third-order valence-electron chi connectivity index (χ3n) is 5.61. The Morgan fingerprint density at radius 2 is 1.95 bits per heavy atom. The summed E-state index contributed by atoms with van der Waals surface area (Å²) in [7, 11) is 7.54. The van der Waals surface area contributed by atoms with Crippen LogP contribution in [0.1, 0.15) is 0 Å². The summed E-state index contributed by atoms with van der Waals surface area (Å²) in [5.74, 6) is 0.509. The van der Waals surface area contributed by atoms with Crippen LogP contribution in [0.2, 0.25) is 5.02 Å². The van der Waals surface area contributed by atoms with Crippen LogP contribution in [0.15, 0.2) is 49.4 Å². The van der Waals surface area contributed by atoms with Crippen molar-refractivity contribution in [3.8, 4) is 17.0 Å². The van der Waals surface area contributed by atoms with Gasteiger partial charge in [0.25, 0.3) is 0 Å². The normalized spacial score (nSPS) is 11.0. The maximum Gasteiger partial charge on any atom is 0.247 e. The van der Waals surface area contributed by atoms with Gasteiger partial charge in [-0.2, -0.15) is 5.10 Å². The number of benzene rings is 1. The fraction of sp³-hybridized carbons (Fsp3) is 0.240. The lowest BCUT2D eigenvalue weighted by Crippen LogP contribution is -2.29. The van der Waals surface area contributed by atoms with Gasteiger partial charge in [0, 0.05) is 43.4 Å². The highest BCUT2D eigenvalue weighted by Crippen LogP contribution is 2.38. The summed E-state index contributed by atoms with van der Waals surface area (Å²) in [4.78, 5) is 29.6. The van der Waals surface area contributed by atoms with Gasteiger partial charge in [-0.3, -0.25) is 9.89 Å². The Labute approximate surface area is 219 Å². The number of aromatic amines is 1. The summed E-state index contributed by atoms with van der Waals surface area (Å²) in [6.45, 7) is 5.12. The molecule has 3 heterocycles. The van der Waals surface area contributed by atoms with Gasteiger partial charge in [0.1, 0.15) is 5.75 Å². The number of halogens is 1. The third-order valence-corrected chi connectivity index (χ3v) is 5.89. The zero-order valence-corrected chi connectivity index (χ0v) is 21.8. The number of amides is 1. The average Bonchev–Trinajstić information content (AvgIpc) is 3.36. The number of nitrogens with one attached hydrogen (secondary N) is 3. The largest absolute Gasteiger partial charge is 0.494 e. The van der Waals surface area contributed by atoms with Crippen molar-refractivity contribution in [2.45, 2.75) is 0 Å². The van der Waals surface area contributed by atoms with Gasteiger partial charge in [0.15, 0.2) is 5.65 Å². The Morgan fingerprint density at radius 1 is 1.14 bits per heavy atom. The standard InChI is InChI=1S/C25H28ClN9O2/c1-6-22(36)30-18-10-19(21(37-5)11-20(18)35(4)8-7-34(2)3)31-25-28-14-17(26)23(32-25)15-9-16-13-29-33-24(16)27-12-15/h6,9-14H,1,7-8H2,2-5H3,(H,30,36)(H,27,29,33)(H,28,31,32). The first-order valence-electron chi connectivity index (χ1n) is 11.4. The van der Waals surface area contributed by atoms with Crippen LogP contribution >= 0.6 is 11.6 Å². The first-order chi connectivity index (χ1) is 17.8. The molecule has 0 fully saturated rings. The van der Waals surface area contributed by atoms with Gasteiger partial charge in [-0.1, -0.05) is 18.2 Å². The molecule has 0 saturated heterocycles. The van der Waals surface area contributed by atoms with E-state index in [0.717, 1.165) is 24.2 Å². The third kappa shape index (κ3) is 5.96. The zero-order chi connectivity index (χ0) is 26.5. The van der Waals surface area contributed by atoms with E-state index in [0.29, 0.717) is 45.0 Å². The van der Waals surface area contributed by atoms with Gasteiger partial charge in [-0.05, 0) is 32.3 Å². The first kappa shape index (κ1) is 25.9. The molecule has 3 N–H and O–H groups in total. The van der Waals surface area contributed by atoms with Crippen LogP contribution in [0.4, 0.5) is 23.0 Å². The summed E-state index contributed by atoms with van der Waals surface area (Å²) >= 11 is 6.43. The number of H-pyrrole nitrogens is 1. The van der Waals surface area contributed by atoms with Crippen LogP contribution in [0.25, 0.3) is 22.3 Å². The van der Waals surface area contributed by atoms with Crippen LogP contribution in [0, 0.1) is 0 Å². The van der Waals surface area contributed by atoms with Crippen molar-refractivity contribution in [1.29, 1.82) is 0 Å². The predicted octanol–water partition coefficient (Wildman–Crippen LogP) is 3.94. The van der Waals surface area contributed by atoms with E-state index < -0.39 is 0 Å². The van der Waals surface area contributed by atoms with Gasteiger partial charge in [-0.15, -0.1) is 0 Å². The van der Waals surface area contributed by atoms with E-state index in [9.17, 15) is 4.79 Å². The molecule has 1 amide bonds. The molecular formula is C25H28ClN9O2. The van der Waals surface area contributed by atoms with Crippen molar-refractivity contribution in [3.63, 3.8) is 0 Å². The summed E-state index contributed by atoms with van der Waals surface area (Å²) in [5.41, 5.74) is 3.82. The van der Waals surface area contributed by atoms with Crippen LogP contribution in [0.5, 0.6) is 5.75 Å². The van der Waals surface area contributed by atoms with E-state index in [1.807, 2.05) is 38.2 Å². The van der Waals surface area contributed by atoms with E-state index in [1.165, 1.54) is 12.3 Å². The number of carbonyl (C=O) groups excluding carboxylic acids is 1. The van der Waals surface area contributed by atoms with Crippen molar-refractivity contribution < 1.29 is 9.53 Å². The minimum absolute atomic E-state index is 0.291. The first-order valence-corrected chi connectivity index (χ1v) is 11.8. The maximum absolute atomic E-state index is 12.2. The number of aromatic nitrogens is 5. The number of pyridine rings is 1. The fourth-order valence-electron chi connectivity index (χ4n) is 3.62. The lowest BCUT2D eigenvalue weighted by atomic mass is 10.1. The molecule has 3 aromatic heterocycles. The van der Waals surface area contributed by atoms with Crippen LogP contribution in [-0.2, 0) is 4.79 Å². The lowest BCUT2D eigenvalue weighted by molar-refractivity contribution is -0.111. The molecule has 0 saturated carbocycles. The molecule has 0 unspecified atom stereocenters. The smallest absolute Gasteiger partial charge is 0.247 e. The summed E-state index contributed by atoms with van der Waals surface area (Å²) in [6.07, 6.45) is 6.09. The molecule has 12 heteroatoms. The molecule has 4 rings (SSSR count). The minimum Gasteiger partial charge on any atom is -0.494 e. The molecule has 0 spiro atoms. The van der Waals surface area contributed by atoms with Crippen LogP contribution in [-0.4, -0.2) is 77.3 Å². The Bertz CT molecular complexity index is 1440. The van der Waals surface area contributed by atoms with E-state index >= 15 is 0 Å². The highest BCUT2D eigenvalue weighted by molar-refractivity contribution is 6.33. The Balaban J connectivity index is 1.70. The van der Waals surface area contributed by atoms with Crippen molar-refractivity contribution in [2.75, 3.05) is 56.9 Å². The van der Waals surface area contributed by atoms with Crippen LogP contribution in [0.3, 0.4) is 0 Å². The number of ether oxygens (including phenoxy) is 1. The molecule has 192 valence electrons. The second-order valence-corrected chi connectivity index (χ2v) is 8.94. The monoisotopic (exact) mass is 521 g/mol. The summed E-state index contributed by atoms with van der Waals surface area (Å²) in [5, 5.41) is 14.1. The fourth-order valence-corrected chi connectivity index (χ4v) is 3.82. The van der Waals surface area contributed by atoms with Gasteiger partial charge in [0.05, 0.1) is 47.3 Å². The van der Waals surface area contributed by atoms with E-state index in [2.05, 4.69) is 47.3 Å². The number of likely N-dealkylation sites (N-methyl/N-ethyl adjacent to an activating group) is 2. The SMILES string of the molecule is C=CC(=O)Nc1cc(Nc2ncc(Cl)c(-c3cnc4[nH]ncc4c3)n2)c(OC)cc1N(C)CCN(C)C. The topological polar surface area (TPSA) is 124 Å². The lowest BCUT2D eigenvalue weighted by Gasteiger charge is -2.26. The number of anilines is 4. The molecule has 0 aliphatic heterocycles. The number of hydrogen-bond acceptors (Lipinski definition) is 9.